The second-order valence-corrected chi connectivity index (χ2v) is 7.37. The number of hydrogen-bond acceptors (Lipinski definition) is 4. The van der Waals surface area contributed by atoms with Crippen molar-refractivity contribution in [2.24, 2.45) is 5.92 Å². The SMILES string of the molecule is CCNCc1cc(S(=O)(=O)NCCC(C)C)cs1. The molecule has 0 aromatic carbocycles. The van der Waals surface area contributed by atoms with Gasteiger partial charge in [0.25, 0.3) is 0 Å². The summed E-state index contributed by atoms with van der Waals surface area (Å²) in [6, 6.07) is 1.74. The summed E-state index contributed by atoms with van der Waals surface area (Å²) < 4.78 is 26.6. The van der Waals surface area contributed by atoms with E-state index in [1.54, 1.807) is 11.4 Å². The van der Waals surface area contributed by atoms with Crippen molar-refractivity contribution in [1.82, 2.24) is 10.0 Å². The smallest absolute Gasteiger partial charge is 0.241 e. The van der Waals surface area contributed by atoms with Crippen LogP contribution in [0.3, 0.4) is 0 Å². The van der Waals surface area contributed by atoms with Crippen molar-refractivity contribution >= 4 is 21.4 Å². The lowest BCUT2D eigenvalue weighted by molar-refractivity contribution is 0.552. The molecule has 6 heteroatoms. The first-order chi connectivity index (χ1) is 8.45. The van der Waals surface area contributed by atoms with Crippen LogP contribution in [-0.4, -0.2) is 21.5 Å². The summed E-state index contributed by atoms with van der Waals surface area (Å²) in [5, 5.41) is 4.88. The Hall–Kier alpha value is -0.430. The van der Waals surface area contributed by atoms with Crippen molar-refractivity contribution in [3.8, 4) is 0 Å². The topological polar surface area (TPSA) is 58.2 Å². The molecule has 0 fully saturated rings. The van der Waals surface area contributed by atoms with Crippen LogP contribution in [0.5, 0.6) is 0 Å². The van der Waals surface area contributed by atoms with Crippen LogP contribution < -0.4 is 10.0 Å². The standard InChI is InChI=1S/C12H22N2O2S2/c1-4-13-8-11-7-12(9-17-11)18(15,16)14-6-5-10(2)3/h7,9-10,13-14H,4-6,8H2,1-3H3. The zero-order valence-electron chi connectivity index (χ0n) is 11.2. The molecule has 0 amide bonds. The summed E-state index contributed by atoms with van der Waals surface area (Å²) in [7, 11) is -3.33. The molecule has 0 radical (unpaired) electrons. The number of hydrogen-bond donors (Lipinski definition) is 2. The molecule has 1 heterocycles. The van der Waals surface area contributed by atoms with Crippen LogP contribution in [-0.2, 0) is 16.6 Å². The third kappa shape index (κ3) is 5.06. The van der Waals surface area contributed by atoms with Crippen molar-refractivity contribution in [2.75, 3.05) is 13.1 Å². The number of sulfonamides is 1. The van der Waals surface area contributed by atoms with Crippen LogP contribution >= 0.6 is 11.3 Å². The monoisotopic (exact) mass is 290 g/mol. The zero-order chi connectivity index (χ0) is 13.6. The van der Waals surface area contributed by atoms with Crippen molar-refractivity contribution in [1.29, 1.82) is 0 Å². The molecule has 0 saturated carbocycles. The van der Waals surface area contributed by atoms with Gasteiger partial charge in [0, 0.05) is 23.3 Å². The predicted molar refractivity (Wildman–Crippen MR) is 76.3 cm³/mol. The fourth-order valence-corrected chi connectivity index (χ4v) is 3.70. The molecule has 0 spiro atoms. The lowest BCUT2D eigenvalue weighted by atomic mass is 10.1. The van der Waals surface area contributed by atoms with Gasteiger partial charge < -0.3 is 5.32 Å². The molecule has 4 nitrogen and oxygen atoms in total. The highest BCUT2D eigenvalue weighted by atomic mass is 32.2. The molecule has 0 aliphatic heterocycles. The fourth-order valence-electron chi connectivity index (χ4n) is 1.41. The third-order valence-corrected chi connectivity index (χ3v) is 5.03. The molecule has 0 unspecified atom stereocenters. The van der Waals surface area contributed by atoms with E-state index in [4.69, 9.17) is 0 Å². The van der Waals surface area contributed by atoms with Crippen LogP contribution in [0.2, 0.25) is 0 Å². The van der Waals surface area contributed by atoms with Crippen LogP contribution in [0.25, 0.3) is 0 Å². The lowest BCUT2D eigenvalue weighted by Gasteiger charge is -2.06. The van der Waals surface area contributed by atoms with Crippen LogP contribution in [0.4, 0.5) is 0 Å². The van der Waals surface area contributed by atoms with E-state index >= 15 is 0 Å². The molecule has 1 rings (SSSR count). The average Bonchev–Trinajstić information content (AvgIpc) is 2.74. The van der Waals surface area contributed by atoms with Crippen molar-refractivity contribution < 1.29 is 8.42 Å². The number of nitrogens with one attached hydrogen (secondary N) is 2. The maximum Gasteiger partial charge on any atom is 0.241 e. The Labute approximate surface area is 114 Å². The van der Waals surface area contributed by atoms with E-state index in [-0.39, 0.29) is 0 Å². The molecular formula is C12H22N2O2S2. The number of rotatable bonds is 8. The molecule has 1 aromatic rings. The normalized spacial score (nSPS) is 12.2. The van der Waals surface area contributed by atoms with E-state index in [1.165, 1.54) is 11.3 Å². The summed E-state index contributed by atoms with van der Waals surface area (Å²) >= 11 is 1.47. The van der Waals surface area contributed by atoms with Gasteiger partial charge in [-0.25, -0.2) is 13.1 Å². The van der Waals surface area contributed by atoms with Crippen molar-refractivity contribution in [3.63, 3.8) is 0 Å². The quantitative estimate of drug-likeness (QED) is 0.771. The fraction of sp³-hybridized carbons (Fsp3) is 0.667. The molecule has 0 aliphatic rings. The highest BCUT2D eigenvalue weighted by Gasteiger charge is 2.15. The predicted octanol–water partition coefficient (Wildman–Crippen LogP) is 2.18. The van der Waals surface area contributed by atoms with E-state index < -0.39 is 10.0 Å². The van der Waals surface area contributed by atoms with Crippen LogP contribution in [0, 0.1) is 5.92 Å². The maximum atomic E-state index is 12.0. The Morgan fingerprint density at radius 3 is 2.72 bits per heavy atom. The van der Waals surface area contributed by atoms with Gasteiger partial charge in [-0.3, -0.25) is 0 Å². The first-order valence-electron chi connectivity index (χ1n) is 6.23. The maximum absolute atomic E-state index is 12.0. The Balaban J connectivity index is 2.58. The van der Waals surface area contributed by atoms with Crippen LogP contribution in [0.1, 0.15) is 32.1 Å². The lowest BCUT2D eigenvalue weighted by Crippen LogP contribution is -2.25. The van der Waals surface area contributed by atoms with Crippen LogP contribution in [0.15, 0.2) is 16.3 Å². The first-order valence-corrected chi connectivity index (χ1v) is 8.59. The minimum absolute atomic E-state index is 0.379. The molecule has 0 atom stereocenters. The second kappa shape index (κ2) is 7.23. The van der Waals surface area contributed by atoms with Gasteiger partial charge in [0.15, 0.2) is 0 Å². The molecule has 104 valence electrons. The second-order valence-electron chi connectivity index (χ2n) is 4.61. The third-order valence-electron chi connectivity index (χ3n) is 2.50. The van der Waals surface area contributed by atoms with Crippen molar-refractivity contribution in [3.05, 3.63) is 16.3 Å². The molecule has 1 aromatic heterocycles. The molecule has 0 bridgehead atoms. The highest BCUT2D eigenvalue weighted by Crippen LogP contribution is 2.19. The van der Waals surface area contributed by atoms with E-state index in [0.717, 1.165) is 24.4 Å². The summed E-state index contributed by atoms with van der Waals surface area (Å²) in [5.74, 6) is 0.500. The van der Waals surface area contributed by atoms with Gasteiger partial charge in [0.2, 0.25) is 10.0 Å². The molecular weight excluding hydrogens is 268 g/mol. The highest BCUT2D eigenvalue weighted by molar-refractivity contribution is 7.89. The van der Waals surface area contributed by atoms with Gasteiger partial charge in [0.05, 0.1) is 4.90 Å². The molecule has 18 heavy (non-hydrogen) atoms. The number of thiophene rings is 1. The van der Waals surface area contributed by atoms with E-state index in [9.17, 15) is 8.42 Å². The van der Waals surface area contributed by atoms with Gasteiger partial charge >= 0.3 is 0 Å². The Bertz CT molecular complexity index is 452. The van der Waals surface area contributed by atoms with Gasteiger partial charge in [-0.05, 0) is 24.9 Å². The summed E-state index contributed by atoms with van der Waals surface area (Å²) in [6.07, 6.45) is 0.855. The summed E-state index contributed by atoms with van der Waals surface area (Å²) in [6.45, 7) is 8.28. The first kappa shape index (κ1) is 15.6. The van der Waals surface area contributed by atoms with Gasteiger partial charge in [-0.1, -0.05) is 20.8 Å². The van der Waals surface area contributed by atoms with E-state index in [0.29, 0.717) is 17.4 Å². The Kier molecular flexibility index (Phi) is 6.28. The minimum atomic E-state index is -3.33. The van der Waals surface area contributed by atoms with Gasteiger partial charge in [0.1, 0.15) is 0 Å². The Morgan fingerprint density at radius 1 is 1.39 bits per heavy atom. The van der Waals surface area contributed by atoms with E-state index in [1.807, 2.05) is 6.92 Å². The minimum Gasteiger partial charge on any atom is -0.312 e. The van der Waals surface area contributed by atoms with Crippen molar-refractivity contribution in [2.45, 2.75) is 38.6 Å². The average molecular weight is 290 g/mol. The van der Waals surface area contributed by atoms with Gasteiger partial charge in [-0.2, -0.15) is 0 Å². The molecule has 0 aliphatic carbocycles. The molecule has 2 N–H and O–H groups in total. The molecule has 0 saturated heterocycles. The summed E-state index contributed by atoms with van der Waals surface area (Å²) in [4.78, 5) is 1.42. The van der Waals surface area contributed by atoms with E-state index in [2.05, 4.69) is 23.9 Å². The Morgan fingerprint density at radius 2 is 2.11 bits per heavy atom. The van der Waals surface area contributed by atoms with Gasteiger partial charge in [-0.15, -0.1) is 11.3 Å². The largest absolute Gasteiger partial charge is 0.312 e. The summed E-state index contributed by atoms with van der Waals surface area (Å²) in [5.41, 5.74) is 0. The zero-order valence-corrected chi connectivity index (χ0v) is 12.8.